The molecule has 20 heavy (non-hydrogen) atoms. The monoisotopic (exact) mass is 416 g/mol. The molecule has 1 aromatic heterocycles. The van der Waals surface area contributed by atoms with Crippen molar-refractivity contribution in [1.29, 1.82) is 0 Å². The van der Waals surface area contributed by atoms with Crippen molar-refractivity contribution in [3.63, 3.8) is 0 Å². The van der Waals surface area contributed by atoms with Gasteiger partial charge in [-0.2, -0.15) is 0 Å². The number of imidazole rings is 1. The van der Waals surface area contributed by atoms with E-state index in [1.54, 1.807) is 0 Å². The molecule has 2 rings (SSSR count). The van der Waals surface area contributed by atoms with E-state index in [2.05, 4.69) is 55.4 Å². The van der Waals surface area contributed by atoms with Crippen LogP contribution in [0.2, 0.25) is 0 Å². The summed E-state index contributed by atoms with van der Waals surface area (Å²) in [4.78, 5) is 4.16. The van der Waals surface area contributed by atoms with Crippen molar-refractivity contribution < 1.29 is 86.0 Å². The number of hydrogen-bond acceptors (Lipinski definition) is 1. The third-order valence-electron chi connectivity index (χ3n) is 3.11. The Kier molecular flexibility index (Phi) is 12.0. The molecule has 0 N–H and O–H groups in total. The van der Waals surface area contributed by atoms with Crippen LogP contribution in [0.3, 0.4) is 0 Å². The SMILES string of the molecule is CC(C)c1cccc(C(C)C)c1-n1ccnc1.F.[Cl-].[Cs+]. The third-order valence-corrected chi connectivity index (χ3v) is 3.11. The Morgan fingerprint density at radius 3 is 1.85 bits per heavy atom. The van der Waals surface area contributed by atoms with Crippen LogP contribution in [0.15, 0.2) is 36.9 Å². The Hall–Kier alpha value is 0.702. The van der Waals surface area contributed by atoms with Gasteiger partial charge in [0, 0.05) is 12.4 Å². The largest absolute Gasteiger partial charge is 1.00 e. The molecular weight excluding hydrogens is 396 g/mol. The minimum Gasteiger partial charge on any atom is -1.00 e. The maximum Gasteiger partial charge on any atom is 1.00 e. The van der Waals surface area contributed by atoms with Crippen LogP contribution in [0, 0.1) is 0 Å². The van der Waals surface area contributed by atoms with E-state index in [1.807, 2.05) is 18.7 Å². The molecule has 0 fully saturated rings. The summed E-state index contributed by atoms with van der Waals surface area (Å²) in [7, 11) is 0. The third kappa shape index (κ3) is 5.16. The van der Waals surface area contributed by atoms with Crippen LogP contribution >= 0.6 is 0 Å². The number of halogens is 2. The second-order valence-electron chi connectivity index (χ2n) is 5.06. The number of hydrogen-bond donors (Lipinski definition) is 0. The second-order valence-corrected chi connectivity index (χ2v) is 5.06. The van der Waals surface area contributed by atoms with Gasteiger partial charge in [0.2, 0.25) is 0 Å². The van der Waals surface area contributed by atoms with Gasteiger partial charge in [-0.1, -0.05) is 45.9 Å². The van der Waals surface area contributed by atoms with Crippen molar-refractivity contribution in [2.24, 2.45) is 0 Å². The number of benzene rings is 1. The summed E-state index contributed by atoms with van der Waals surface area (Å²) in [6.07, 6.45) is 5.74. The molecule has 0 saturated heterocycles. The first-order valence-electron chi connectivity index (χ1n) is 6.22. The Morgan fingerprint density at radius 2 is 1.50 bits per heavy atom. The summed E-state index contributed by atoms with van der Waals surface area (Å²) in [6.45, 7) is 8.94. The van der Waals surface area contributed by atoms with Crippen LogP contribution in [0.1, 0.15) is 50.7 Å². The van der Waals surface area contributed by atoms with Crippen LogP contribution < -0.4 is 81.3 Å². The fourth-order valence-corrected chi connectivity index (χ4v) is 2.20. The van der Waals surface area contributed by atoms with Crippen molar-refractivity contribution in [3.8, 4) is 5.69 Å². The van der Waals surface area contributed by atoms with Crippen molar-refractivity contribution in [1.82, 2.24) is 9.55 Å². The molecule has 2 nitrogen and oxygen atoms in total. The molecule has 2 aromatic rings. The minimum absolute atomic E-state index is 0. The Balaban J connectivity index is 0. The smallest absolute Gasteiger partial charge is 1.00 e. The average Bonchev–Trinajstić information content (AvgIpc) is 2.80. The molecular formula is C15H21ClCsFN2. The number of nitrogens with zero attached hydrogens (tertiary/aromatic N) is 2. The second kappa shape index (κ2) is 10.4. The molecule has 0 spiro atoms. The molecule has 0 atom stereocenters. The molecule has 106 valence electrons. The Labute approximate surface area is 186 Å². The molecule has 0 aliphatic carbocycles. The van der Waals surface area contributed by atoms with Gasteiger partial charge in [-0.25, -0.2) is 4.98 Å². The van der Waals surface area contributed by atoms with Crippen molar-refractivity contribution in [2.45, 2.75) is 39.5 Å². The maximum absolute atomic E-state index is 4.16. The molecule has 1 aromatic carbocycles. The van der Waals surface area contributed by atoms with E-state index in [4.69, 9.17) is 0 Å². The predicted molar refractivity (Wildman–Crippen MR) is 74.2 cm³/mol. The van der Waals surface area contributed by atoms with E-state index >= 15 is 0 Å². The van der Waals surface area contributed by atoms with E-state index in [9.17, 15) is 0 Å². The van der Waals surface area contributed by atoms with Gasteiger partial charge in [-0.3, -0.25) is 4.70 Å². The Morgan fingerprint density at radius 1 is 1.00 bits per heavy atom. The first kappa shape index (κ1) is 23.0. The van der Waals surface area contributed by atoms with E-state index in [0.29, 0.717) is 11.8 Å². The van der Waals surface area contributed by atoms with Crippen molar-refractivity contribution in [2.75, 3.05) is 0 Å². The van der Waals surface area contributed by atoms with Gasteiger partial charge < -0.3 is 17.0 Å². The first-order valence-corrected chi connectivity index (χ1v) is 6.22. The standard InChI is InChI=1S/C15H20N2.ClH.Cs.FH/c1-11(2)13-6-5-7-14(12(3)4)15(13)17-9-8-16-10-17;;;/h5-12H,1-4H3;1H;;1H/q;;+1;/p-1. The topological polar surface area (TPSA) is 17.8 Å². The Bertz CT molecular complexity index is 472. The van der Waals surface area contributed by atoms with E-state index in [0.717, 1.165) is 0 Å². The van der Waals surface area contributed by atoms with Crippen LogP contribution in [0.25, 0.3) is 5.69 Å². The molecule has 0 saturated carbocycles. The molecule has 0 unspecified atom stereocenters. The van der Waals surface area contributed by atoms with Gasteiger partial charge >= 0.3 is 68.9 Å². The van der Waals surface area contributed by atoms with Crippen molar-refractivity contribution >= 4 is 0 Å². The molecule has 0 amide bonds. The summed E-state index contributed by atoms with van der Waals surface area (Å²) >= 11 is 0. The summed E-state index contributed by atoms with van der Waals surface area (Å²) in [6, 6.07) is 6.59. The van der Waals surface area contributed by atoms with Gasteiger partial charge in [-0.15, -0.1) is 0 Å². The summed E-state index contributed by atoms with van der Waals surface area (Å²) < 4.78 is 2.13. The van der Waals surface area contributed by atoms with Gasteiger partial charge in [-0.05, 0) is 23.0 Å². The predicted octanol–water partition coefficient (Wildman–Crippen LogP) is -1.72. The molecule has 0 bridgehead atoms. The molecule has 0 aliphatic heterocycles. The summed E-state index contributed by atoms with van der Waals surface area (Å²) in [5.74, 6) is 1.04. The summed E-state index contributed by atoms with van der Waals surface area (Å²) in [5, 5.41) is 0. The fraction of sp³-hybridized carbons (Fsp3) is 0.400. The zero-order valence-corrected chi connectivity index (χ0v) is 19.8. The summed E-state index contributed by atoms with van der Waals surface area (Å²) in [5.41, 5.74) is 4.07. The van der Waals surface area contributed by atoms with Crippen molar-refractivity contribution in [3.05, 3.63) is 48.0 Å². The minimum atomic E-state index is 0. The van der Waals surface area contributed by atoms with Crippen LogP contribution in [0.4, 0.5) is 4.70 Å². The van der Waals surface area contributed by atoms with Crippen LogP contribution in [-0.4, -0.2) is 9.55 Å². The van der Waals surface area contributed by atoms with Gasteiger partial charge in [0.1, 0.15) is 0 Å². The molecule has 1 heterocycles. The first-order chi connectivity index (χ1) is 8.11. The zero-order valence-electron chi connectivity index (χ0n) is 12.8. The van der Waals surface area contributed by atoms with Gasteiger partial charge in [0.25, 0.3) is 0 Å². The zero-order chi connectivity index (χ0) is 12.4. The maximum atomic E-state index is 4.16. The number of aromatic nitrogens is 2. The quantitative estimate of drug-likeness (QED) is 0.582. The van der Waals surface area contributed by atoms with E-state index in [1.165, 1.54) is 16.8 Å². The number of para-hydroxylation sites is 1. The van der Waals surface area contributed by atoms with E-state index in [-0.39, 0.29) is 86.0 Å². The van der Waals surface area contributed by atoms with Gasteiger partial charge in [0.05, 0.1) is 12.0 Å². The van der Waals surface area contributed by atoms with Crippen LogP contribution in [0.5, 0.6) is 0 Å². The fourth-order valence-electron chi connectivity index (χ4n) is 2.20. The van der Waals surface area contributed by atoms with E-state index < -0.39 is 0 Å². The molecule has 0 radical (unpaired) electrons. The number of rotatable bonds is 3. The molecule has 0 aliphatic rings. The van der Waals surface area contributed by atoms with Crippen LogP contribution in [-0.2, 0) is 0 Å². The normalized spacial score (nSPS) is 9.70. The molecule has 5 heteroatoms. The average molecular weight is 417 g/mol. The van der Waals surface area contributed by atoms with Gasteiger partial charge in [0.15, 0.2) is 0 Å².